The van der Waals surface area contributed by atoms with Crippen molar-refractivity contribution in [1.29, 1.82) is 0 Å². The van der Waals surface area contributed by atoms with Gasteiger partial charge in [0.2, 0.25) is 17.7 Å². The number of hydrogen-bond donors (Lipinski definition) is 2. The maximum atomic E-state index is 12.3. The zero-order chi connectivity index (χ0) is 18.9. The van der Waals surface area contributed by atoms with Crippen molar-refractivity contribution in [3.05, 3.63) is 35.9 Å². The van der Waals surface area contributed by atoms with Crippen LogP contribution in [0.2, 0.25) is 0 Å². The van der Waals surface area contributed by atoms with Crippen LogP contribution in [0.3, 0.4) is 0 Å². The van der Waals surface area contributed by atoms with Gasteiger partial charge >= 0.3 is 0 Å². The van der Waals surface area contributed by atoms with Gasteiger partial charge in [0.25, 0.3) is 0 Å². The lowest BCUT2D eigenvalue weighted by atomic mass is 10.1. The van der Waals surface area contributed by atoms with Gasteiger partial charge in [0.05, 0.1) is 12.0 Å². The highest BCUT2D eigenvalue weighted by molar-refractivity contribution is 5.89. The number of hydrogen-bond acceptors (Lipinski definition) is 3. The predicted octanol–water partition coefficient (Wildman–Crippen LogP) is 2.02. The molecule has 2 unspecified atom stereocenters. The molecule has 1 aromatic carbocycles. The van der Waals surface area contributed by atoms with Crippen molar-refractivity contribution in [3.8, 4) is 0 Å². The fourth-order valence-electron chi connectivity index (χ4n) is 3.15. The number of carbonyl (C=O) groups excluding carboxylic acids is 3. The molecule has 1 saturated heterocycles. The fourth-order valence-corrected chi connectivity index (χ4v) is 3.15. The van der Waals surface area contributed by atoms with Crippen LogP contribution in [-0.2, 0) is 14.4 Å². The maximum absolute atomic E-state index is 12.3. The summed E-state index contributed by atoms with van der Waals surface area (Å²) in [4.78, 5) is 37.9. The zero-order valence-electron chi connectivity index (χ0n) is 15.7. The van der Waals surface area contributed by atoms with E-state index in [1.807, 2.05) is 44.2 Å². The summed E-state index contributed by atoms with van der Waals surface area (Å²) in [6.07, 6.45) is 2.62. The molecule has 1 aliphatic rings. The normalized spacial score (nSPS) is 17.8. The second-order valence-corrected chi connectivity index (χ2v) is 6.78. The Bertz CT molecular complexity index is 618. The molecule has 0 spiro atoms. The smallest absolute Gasteiger partial charge is 0.225 e. The third kappa shape index (κ3) is 5.58. The monoisotopic (exact) mass is 359 g/mol. The molecule has 2 atom stereocenters. The van der Waals surface area contributed by atoms with Gasteiger partial charge in [-0.15, -0.1) is 0 Å². The number of benzene rings is 1. The molecule has 6 nitrogen and oxygen atoms in total. The summed E-state index contributed by atoms with van der Waals surface area (Å²) < 4.78 is 0. The van der Waals surface area contributed by atoms with Crippen molar-refractivity contribution >= 4 is 17.7 Å². The van der Waals surface area contributed by atoms with Crippen LogP contribution in [0.5, 0.6) is 0 Å². The van der Waals surface area contributed by atoms with E-state index in [1.54, 1.807) is 4.90 Å². The summed E-state index contributed by atoms with van der Waals surface area (Å²) in [7, 11) is 0. The van der Waals surface area contributed by atoms with Crippen molar-refractivity contribution in [2.45, 2.75) is 45.6 Å². The second-order valence-electron chi connectivity index (χ2n) is 6.78. The Morgan fingerprint density at radius 3 is 2.58 bits per heavy atom. The standard InChI is InChI=1S/C20H29N3O3/c1-3-4-10-18(24)21-11-12-22-20(26)17-13-19(25)23(14-17)15(2)16-8-6-5-7-9-16/h5-9,15,17H,3-4,10-14H2,1-2H3,(H,21,24)(H,22,26). The quantitative estimate of drug-likeness (QED) is 0.662. The number of unbranched alkanes of at least 4 members (excludes halogenated alkanes) is 1. The summed E-state index contributed by atoms with van der Waals surface area (Å²) in [6.45, 7) is 5.26. The third-order valence-corrected chi connectivity index (χ3v) is 4.78. The molecule has 1 aliphatic heterocycles. The fraction of sp³-hybridized carbons (Fsp3) is 0.550. The van der Waals surface area contributed by atoms with Crippen LogP contribution in [-0.4, -0.2) is 42.3 Å². The lowest BCUT2D eigenvalue weighted by Crippen LogP contribution is -2.38. The Labute approximate surface area is 155 Å². The predicted molar refractivity (Wildman–Crippen MR) is 100 cm³/mol. The van der Waals surface area contributed by atoms with Gasteiger partial charge < -0.3 is 15.5 Å². The van der Waals surface area contributed by atoms with Crippen LogP contribution in [0.1, 0.15) is 51.1 Å². The van der Waals surface area contributed by atoms with Gasteiger partial charge in [-0.2, -0.15) is 0 Å². The van der Waals surface area contributed by atoms with E-state index in [-0.39, 0.29) is 36.1 Å². The topological polar surface area (TPSA) is 78.5 Å². The minimum atomic E-state index is -0.329. The Morgan fingerprint density at radius 1 is 1.19 bits per heavy atom. The van der Waals surface area contributed by atoms with Crippen molar-refractivity contribution in [3.63, 3.8) is 0 Å². The van der Waals surface area contributed by atoms with Crippen molar-refractivity contribution in [2.75, 3.05) is 19.6 Å². The average molecular weight is 359 g/mol. The molecule has 1 aromatic rings. The lowest BCUT2D eigenvalue weighted by molar-refractivity contribution is -0.130. The molecule has 142 valence electrons. The highest BCUT2D eigenvalue weighted by atomic mass is 16.2. The van der Waals surface area contributed by atoms with E-state index in [0.717, 1.165) is 18.4 Å². The number of nitrogens with zero attached hydrogens (tertiary/aromatic N) is 1. The van der Waals surface area contributed by atoms with E-state index in [0.29, 0.717) is 26.1 Å². The minimum absolute atomic E-state index is 0.00868. The van der Waals surface area contributed by atoms with Crippen LogP contribution in [0.25, 0.3) is 0 Å². The van der Waals surface area contributed by atoms with Gasteiger partial charge in [-0.1, -0.05) is 43.7 Å². The molecular weight excluding hydrogens is 330 g/mol. The number of carbonyl (C=O) groups is 3. The molecule has 2 rings (SSSR count). The van der Waals surface area contributed by atoms with E-state index < -0.39 is 0 Å². The molecule has 1 fully saturated rings. The molecule has 0 aliphatic carbocycles. The summed E-state index contributed by atoms with van der Waals surface area (Å²) in [5.74, 6) is -0.428. The average Bonchev–Trinajstić information content (AvgIpc) is 3.05. The van der Waals surface area contributed by atoms with Crippen LogP contribution >= 0.6 is 0 Å². The summed E-state index contributed by atoms with van der Waals surface area (Å²) >= 11 is 0. The van der Waals surface area contributed by atoms with E-state index in [2.05, 4.69) is 10.6 Å². The van der Waals surface area contributed by atoms with Gasteiger partial charge in [0, 0.05) is 32.5 Å². The zero-order valence-corrected chi connectivity index (χ0v) is 15.7. The molecule has 0 saturated carbocycles. The number of rotatable bonds is 9. The van der Waals surface area contributed by atoms with Crippen LogP contribution in [0, 0.1) is 5.92 Å². The van der Waals surface area contributed by atoms with Crippen LogP contribution < -0.4 is 10.6 Å². The molecule has 3 amide bonds. The largest absolute Gasteiger partial charge is 0.354 e. The molecule has 0 radical (unpaired) electrons. The summed E-state index contributed by atoms with van der Waals surface area (Å²) in [6, 6.07) is 9.79. The lowest BCUT2D eigenvalue weighted by Gasteiger charge is -2.25. The molecule has 2 N–H and O–H groups in total. The van der Waals surface area contributed by atoms with E-state index in [9.17, 15) is 14.4 Å². The Balaban J connectivity index is 1.75. The van der Waals surface area contributed by atoms with Crippen molar-refractivity contribution < 1.29 is 14.4 Å². The highest BCUT2D eigenvalue weighted by Crippen LogP contribution is 2.28. The number of likely N-dealkylation sites (tertiary alicyclic amines) is 1. The highest BCUT2D eigenvalue weighted by Gasteiger charge is 2.36. The minimum Gasteiger partial charge on any atom is -0.354 e. The third-order valence-electron chi connectivity index (χ3n) is 4.78. The summed E-state index contributed by atoms with van der Waals surface area (Å²) in [5.41, 5.74) is 1.07. The molecule has 0 bridgehead atoms. The van der Waals surface area contributed by atoms with Gasteiger partial charge in [-0.25, -0.2) is 0 Å². The molecule has 0 aromatic heterocycles. The molecule has 26 heavy (non-hydrogen) atoms. The van der Waals surface area contributed by atoms with Crippen LogP contribution in [0.4, 0.5) is 0 Å². The van der Waals surface area contributed by atoms with Gasteiger partial charge in [-0.3, -0.25) is 14.4 Å². The van der Waals surface area contributed by atoms with E-state index in [4.69, 9.17) is 0 Å². The molecule has 6 heteroatoms. The van der Waals surface area contributed by atoms with Gasteiger partial charge in [-0.05, 0) is 18.9 Å². The number of amides is 3. The SMILES string of the molecule is CCCCC(=O)NCCNC(=O)C1CC(=O)N(C(C)c2ccccc2)C1. The number of nitrogens with one attached hydrogen (secondary N) is 2. The first-order valence-corrected chi connectivity index (χ1v) is 9.41. The summed E-state index contributed by atoms with van der Waals surface area (Å²) in [5, 5.41) is 5.61. The van der Waals surface area contributed by atoms with Crippen LogP contribution in [0.15, 0.2) is 30.3 Å². The Morgan fingerprint density at radius 2 is 1.88 bits per heavy atom. The van der Waals surface area contributed by atoms with Crippen molar-refractivity contribution in [1.82, 2.24) is 15.5 Å². The second kappa shape index (κ2) is 9.94. The Hall–Kier alpha value is -2.37. The van der Waals surface area contributed by atoms with E-state index in [1.165, 1.54) is 0 Å². The van der Waals surface area contributed by atoms with Crippen molar-refractivity contribution in [2.24, 2.45) is 5.92 Å². The first kappa shape index (κ1) is 19.9. The van der Waals surface area contributed by atoms with Gasteiger partial charge in [0.15, 0.2) is 0 Å². The molecule has 1 heterocycles. The first-order valence-electron chi connectivity index (χ1n) is 9.41. The first-order chi connectivity index (χ1) is 12.5. The Kier molecular flexibility index (Phi) is 7.63. The van der Waals surface area contributed by atoms with E-state index >= 15 is 0 Å². The maximum Gasteiger partial charge on any atom is 0.225 e. The van der Waals surface area contributed by atoms with Gasteiger partial charge in [0.1, 0.15) is 0 Å². The molecular formula is C20H29N3O3.